The number of benzene rings is 1. The number of non-ortho nitro benzene ring substituents is 1. The van der Waals surface area contributed by atoms with Crippen LogP contribution in [0.15, 0.2) is 18.2 Å². The molecule has 0 atom stereocenters. The molecule has 1 aromatic carbocycles. The number of nitro benzene ring substituents is 1. The van der Waals surface area contributed by atoms with E-state index in [4.69, 9.17) is 0 Å². The Balaban J connectivity index is 2.72. The number of hydrogen-bond acceptors (Lipinski definition) is 3. The van der Waals surface area contributed by atoms with Crippen molar-refractivity contribution >= 4 is 17.4 Å². The summed E-state index contributed by atoms with van der Waals surface area (Å²) in [6.07, 6.45) is 0.854. The molecule has 92 valence electrons. The first-order chi connectivity index (χ1) is 8.04. The first-order valence-electron chi connectivity index (χ1n) is 5.34. The summed E-state index contributed by atoms with van der Waals surface area (Å²) in [6.45, 7) is 4.26. The smallest absolute Gasteiger partial charge is 0.319 e. The molecule has 0 aliphatic rings. The third-order valence-corrected chi connectivity index (χ3v) is 2.20. The van der Waals surface area contributed by atoms with Gasteiger partial charge in [0.2, 0.25) is 0 Å². The van der Waals surface area contributed by atoms with Crippen LogP contribution in [-0.2, 0) is 0 Å². The molecule has 0 aliphatic carbocycles. The lowest BCUT2D eigenvalue weighted by molar-refractivity contribution is -0.384. The highest BCUT2D eigenvalue weighted by atomic mass is 16.6. The summed E-state index contributed by atoms with van der Waals surface area (Å²) in [6, 6.07) is 4.01. The second-order valence-corrected chi connectivity index (χ2v) is 3.64. The largest absolute Gasteiger partial charge is 0.338 e. The maximum Gasteiger partial charge on any atom is 0.319 e. The third kappa shape index (κ3) is 3.75. The highest BCUT2D eigenvalue weighted by molar-refractivity contribution is 5.90. The van der Waals surface area contributed by atoms with Crippen LogP contribution in [0.25, 0.3) is 0 Å². The molecule has 6 heteroatoms. The Bertz CT molecular complexity index is 432. The van der Waals surface area contributed by atoms with Gasteiger partial charge in [0.1, 0.15) is 0 Å². The zero-order chi connectivity index (χ0) is 12.8. The normalized spacial score (nSPS) is 9.76. The predicted octanol–water partition coefficient (Wildman–Crippen LogP) is 2.43. The number of carbonyl (C=O) groups excluding carboxylic acids is 1. The fourth-order valence-electron chi connectivity index (χ4n) is 1.31. The van der Waals surface area contributed by atoms with Gasteiger partial charge in [-0.05, 0) is 25.0 Å². The van der Waals surface area contributed by atoms with Gasteiger partial charge in [0.05, 0.1) is 4.92 Å². The number of urea groups is 1. The molecule has 0 bridgehead atoms. The van der Waals surface area contributed by atoms with E-state index in [1.54, 1.807) is 6.92 Å². The maximum absolute atomic E-state index is 11.4. The van der Waals surface area contributed by atoms with Crippen molar-refractivity contribution in [2.75, 3.05) is 11.9 Å². The van der Waals surface area contributed by atoms with Gasteiger partial charge in [-0.15, -0.1) is 0 Å². The molecule has 0 heterocycles. The zero-order valence-electron chi connectivity index (χ0n) is 9.82. The van der Waals surface area contributed by atoms with Crippen molar-refractivity contribution in [3.05, 3.63) is 33.9 Å². The van der Waals surface area contributed by atoms with Gasteiger partial charge in [0, 0.05) is 24.4 Å². The van der Waals surface area contributed by atoms with Crippen LogP contribution in [-0.4, -0.2) is 17.5 Å². The van der Waals surface area contributed by atoms with E-state index in [1.807, 2.05) is 6.92 Å². The van der Waals surface area contributed by atoms with E-state index in [2.05, 4.69) is 10.6 Å². The first-order valence-corrected chi connectivity index (χ1v) is 5.34. The number of rotatable bonds is 4. The lowest BCUT2D eigenvalue weighted by Crippen LogP contribution is -2.29. The summed E-state index contributed by atoms with van der Waals surface area (Å²) in [5, 5.41) is 15.8. The molecular formula is C11H15N3O3. The SMILES string of the molecule is CCCNC(=O)Nc1ccc([N+](=O)[O-])cc1C. The van der Waals surface area contributed by atoms with E-state index in [-0.39, 0.29) is 11.7 Å². The molecular weight excluding hydrogens is 222 g/mol. The van der Waals surface area contributed by atoms with E-state index in [9.17, 15) is 14.9 Å². The minimum Gasteiger partial charge on any atom is -0.338 e. The monoisotopic (exact) mass is 237 g/mol. The van der Waals surface area contributed by atoms with Gasteiger partial charge in [-0.3, -0.25) is 10.1 Å². The van der Waals surface area contributed by atoms with Gasteiger partial charge in [-0.2, -0.15) is 0 Å². The first kappa shape index (κ1) is 13.0. The van der Waals surface area contributed by atoms with Crippen LogP contribution in [0.4, 0.5) is 16.2 Å². The summed E-state index contributed by atoms with van der Waals surface area (Å²) in [7, 11) is 0. The average Bonchev–Trinajstić information content (AvgIpc) is 2.28. The summed E-state index contributed by atoms with van der Waals surface area (Å²) in [5.74, 6) is 0. The highest BCUT2D eigenvalue weighted by Gasteiger charge is 2.09. The second-order valence-electron chi connectivity index (χ2n) is 3.64. The van der Waals surface area contributed by atoms with E-state index in [0.29, 0.717) is 17.8 Å². The van der Waals surface area contributed by atoms with Crippen LogP contribution in [0.2, 0.25) is 0 Å². The van der Waals surface area contributed by atoms with Gasteiger partial charge in [-0.1, -0.05) is 6.92 Å². The fourth-order valence-corrected chi connectivity index (χ4v) is 1.31. The van der Waals surface area contributed by atoms with Crippen molar-refractivity contribution < 1.29 is 9.72 Å². The molecule has 0 radical (unpaired) electrons. The average molecular weight is 237 g/mol. The van der Waals surface area contributed by atoms with Gasteiger partial charge >= 0.3 is 6.03 Å². The topological polar surface area (TPSA) is 84.3 Å². The van der Waals surface area contributed by atoms with Gasteiger partial charge in [0.15, 0.2) is 0 Å². The number of aryl methyl sites for hydroxylation is 1. The summed E-state index contributed by atoms with van der Waals surface area (Å²) in [4.78, 5) is 21.5. The standard InChI is InChI=1S/C11H15N3O3/c1-3-6-12-11(15)13-10-5-4-9(14(16)17)7-8(10)2/h4-5,7H,3,6H2,1-2H3,(H2,12,13,15). The Labute approximate surface area is 99.2 Å². The number of hydrogen-bond donors (Lipinski definition) is 2. The van der Waals surface area contributed by atoms with Crippen molar-refractivity contribution in [1.82, 2.24) is 5.32 Å². The molecule has 17 heavy (non-hydrogen) atoms. The molecule has 1 rings (SSSR count). The molecule has 0 spiro atoms. The quantitative estimate of drug-likeness (QED) is 0.623. The number of carbonyl (C=O) groups is 1. The van der Waals surface area contributed by atoms with Crippen LogP contribution in [0.3, 0.4) is 0 Å². The van der Waals surface area contributed by atoms with Crippen LogP contribution >= 0.6 is 0 Å². The minimum atomic E-state index is -0.464. The number of amides is 2. The maximum atomic E-state index is 11.4. The Morgan fingerprint density at radius 3 is 2.71 bits per heavy atom. The third-order valence-electron chi connectivity index (χ3n) is 2.20. The van der Waals surface area contributed by atoms with Crippen LogP contribution < -0.4 is 10.6 Å². The minimum absolute atomic E-state index is 0.0158. The molecule has 0 saturated carbocycles. The summed E-state index contributed by atoms with van der Waals surface area (Å²) in [5.41, 5.74) is 1.25. The predicted molar refractivity (Wildman–Crippen MR) is 65.1 cm³/mol. The van der Waals surface area contributed by atoms with Gasteiger partial charge < -0.3 is 10.6 Å². The van der Waals surface area contributed by atoms with Crippen LogP contribution in [0, 0.1) is 17.0 Å². The van der Waals surface area contributed by atoms with Crippen molar-refractivity contribution in [1.29, 1.82) is 0 Å². The Hall–Kier alpha value is -2.11. The molecule has 2 amide bonds. The second kappa shape index (κ2) is 5.83. The highest BCUT2D eigenvalue weighted by Crippen LogP contribution is 2.20. The number of nitro groups is 1. The van der Waals surface area contributed by atoms with E-state index in [1.165, 1.54) is 18.2 Å². The molecule has 6 nitrogen and oxygen atoms in total. The molecule has 0 aromatic heterocycles. The number of nitrogens with zero attached hydrogens (tertiary/aromatic N) is 1. The lowest BCUT2D eigenvalue weighted by Gasteiger charge is -2.08. The molecule has 0 fully saturated rings. The van der Waals surface area contributed by atoms with Crippen LogP contribution in [0.1, 0.15) is 18.9 Å². The Kier molecular flexibility index (Phi) is 4.45. The Morgan fingerprint density at radius 2 is 2.18 bits per heavy atom. The van der Waals surface area contributed by atoms with E-state index in [0.717, 1.165) is 6.42 Å². The number of anilines is 1. The van der Waals surface area contributed by atoms with Crippen molar-refractivity contribution in [2.24, 2.45) is 0 Å². The summed E-state index contributed by atoms with van der Waals surface area (Å²) >= 11 is 0. The Morgan fingerprint density at radius 1 is 1.47 bits per heavy atom. The lowest BCUT2D eigenvalue weighted by atomic mass is 10.2. The van der Waals surface area contributed by atoms with Gasteiger partial charge in [-0.25, -0.2) is 4.79 Å². The van der Waals surface area contributed by atoms with E-state index < -0.39 is 4.92 Å². The fraction of sp³-hybridized carbons (Fsp3) is 0.364. The van der Waals surface area contributed by atoms with Crippen molar-refractivity contribution in [2.45, 2.75) is 20.3 Å². The van der Waals surface area contributed by atoms with Crippen LogP contribution in [0.5, 0.6) is 0 Å². The molecule has 2 N–H and O–H groups in total. The van der Waals surface area contributed by atoms with Crippen molar-refractivity contribution in [3.63, 3.8) is 0 Å². The van der Waals surface area contributed by atoms with Crippen molar-refractivity contribution in [3.8, 4) is 0 Å². The zero-order valence-corrected chi connectivity index (χ0v) is 9.82. The number of nitrogens with one attached hydrogen (secondary N) is 2. The molecule has 0 aliphatic heterocycles. The molecule has 0 unspecified atom stereocenters. The van der Waals surface area contributed by atoms with E-state index >= 15 is 0 Å². The molecule has 1 aromatic rings. The summed E-state index contributed by atoms with van der Waals surface area (Å²) < 4.78 is 0. The molecule has 0 saturated heterocycles. The van der Waals surface area contributed by atoms with Gasteiger partial charge in [0.25, 0.3) is 5.69 Å².